The fourth-order valence-corrected chi connectivity index (χ4v) is 0.654. The number of ether oxygens (including phenoxy) is 4. The second kappa shape index (κ2) is 17.8. The van der Waals surface area contributed by atoms with Gasteiger partial charge in [-0.3, -0.25) is 0 Å². The predicted octanol–water partition coefficient (Wildman–Crippen LogP) is -0.883. The van der Waals surface area contributed by atoms with Crippen molar-refractivity contribution in [1.29, 1.82) is 0 Å². The predicted molar refractivity (Wildman–Crippen MR) is 69.1 cm³/mol. The van der Waals surface area contributed by atoms with Crippen LogP contribution < -0.4 is 0 Å². The van der Waals surface area contributed by atoms with Crippen LogP contribution >= 0.6 is 0 Å². The van der Waals surface area contributed by atoms with Crippen LogP contribution in [0.2, 0.25) is 0 Å². The van der Waals surface area contributed by atoms with Crippen molar-refractivity contribution in [3.8, 4) is 0 Å². The van der Waals surface area contributed by atoms with Crippen LogP contribution in [0.4, 0.5) is 0 Å². The highest BCUT2D eigenvalue weighted by Gasteiger charge is 2.02. The van der Waals surface area contributed by atoms with Gasteiger partial charge in [0.2, 0.25) is 0 Å². The van der Waals surface area contributed by atoms with E-state index in [1.54, 1.807) is 13.8 Å². The number of rotatable bonds is 10. The van der Waals surface area contributed by atoms with Gasteiger partial charge in [-0.1, -0.05) is 0 Å². The van der Waals surface area contributed by atoms with Crippen molar-refractivity contribution >= 4 is 11.9 Å². The van der Waals surface area contributed by atoms with Gasteiger partial charge in [-0.25, -0.2) is 9.59 Å². The first-order chi connectivity index (χ1) is 12.4. The van der Waals surface area contributed by atoms with Crippen molar-refractivity contribution in [2.75, 3.05) is 52.7 Å². The summed E-state index contributed by atoms with van der Waals surface area (Å²) >= 11 is 0. The molecule has 0 unspecified atom stereocenters. The summed E-state index contributed by atoms with van der Waals surface area (Å²) in [4.78, 5) is 22.0. The van der Waals surface area contributed by atoms with E-state index >= 15 is 0 Å². The number of aliphatic hydroxyl groups is 2. The fourth-order valence-electron chi connectivity index (χ4n) is 0.654. The van der Waals surface area contributed by atoms with Crippen LogP contribution in [0, 0.1) is 0 Å². The van der Waals surface area contributed by atoms with Crippen molar-refractivity contribution in [1.82, 2.24) is 0 Å². The first-order valence-corrected chi connectivity index (χ1v) is 5.45. The van der Waals surface area contributed by atoms with Crippen molar-refractivity contribution in [2.45, 2.75) is 13.8 Å². The Kier molecular flexibility index (Phi) is 8.60. The molecule has 0 radical (unpaired) electrons. The van der Waals surface area contributed by atoms with Crippen molar-refractivity contribution in [3.05, 3.63) is 0 Å². The number of hydrogen-bond donors (Lipinski definition) is 2. The van der Waals surface area contributed by atoms with E-state index in [2.05, 4.69) is 18.9 Å². The molecule has 2 N–H and O–H groups in total. The highest BCUT2D eigenvalue weighted by molar-refractivity contribution is 5.70. The van der Waals surface area contributed by atoms with Crippen molar-refractivity contribution in [2.24, 2.45) is 0 Å². The Labute approximate surface area is 129 Å². The van der Waals surface area contributed by atoms with Crippen LogP contribution in [0.5, 0.6) is 0 Å². The van der Waals surface area contributed by atoms with E-state index in [1.807, 2.05) is 0 Å². The molecule has 20 heavy (non-hydrogen) atoms. The van der Waals surface area contributed by atoms with E-state index in [4.69, 9.17) is 21.2 Å². The molecule has 0 atom stereocenters. The number of carbonyl (C=O) groups excluding carboxylic acids is 2. The zero-order chi connectivity index (χ0) is 22.8. The molecule has 0 bridgehead atoms. The minimum Gasteiger partial charge on any atom is -0.464 e. The van der Waals surface area contributed by atoms with Crippen LogP contribution in [0.25, 0.3) is 0 Å². The SMILES string of the molecule is [2H]C([2H])(O)C([2H])([2H])O.[2H]C([2H])(OCC(=O)OCC)C([2H])([2H])OCC(=O)OCC. The Morgan fingerprint density at radius 2 is 1.25 bits per heavy atom. The standard InChI is InChI=1S/C10H18O6.C2H6O2/c1-3-15-9(11)7-13-5-6-14-8-10(12)16-4-2;3-1-2-4/h3-8H2,1-2H3;3-4H,1-2H2/i5D2,6D2;1D2,2D2. The fraction of sp³-hybridized carbons (Fsp3) is 0.833. The van der Waals surface area contributed by atoms with Gasteiger partial charge in [0.25, 0.3) is 0 Å². The Morgan fingerprint density at radius 1 is 0.900 bits per heavy atom. The Bertz CT molecular complexity index is 445. The molecular weight excluding hydrogens is 272 g/mol. The second-order valence-electron chi connectivity index (χ2n) is 2.62. The minimum absolute atomic E-state index is 0.0947. The Hall–Kier alpha value is -1.22. The van der Waals surface area contributed by atoms with Gasteiger partial charge in [0.1, 0.15) is 13.2 Å². The normalized spacial score (nSPS) is 18.2. The summed E-state index contributed by atoms with van der Waals surface area (Å²) in [6.07, 6.45) is 0. The molecule has 8 heteroatoms. The maximum absolute atomic E-state index is 11.0. The quantitative estimate of drug-likeness (QED) is 0.500. The monoisotopic (exact) mass is 304 g/mol. The van der Waals surface area contributed by atoms with Gasteiger partial charge in [-0.15, -0.1) is 0 Å². The van der Waals surface area contributed by atoms with Gasteiger partial charge in [-0.2, -0.15) is 0 Å². The van der Waals surface area contributed by atoms with Crippen molar-refractivity contribution in [3.63, 3.8) is 0 Å². The topological polar surface area (TPSA) is 112 Å². The molecule has 0 heterocycles. The zero-order valence-corrected chi connectivity index (χ0v) is 11.2. The Balaban J connectivity index is 0. The van der Waals surface area contributed by atoms with E-state index in [-0.39, 0.29) is 13.2 Å². The largest absolute Gasteiger partial charge is 0.464 e. The molecular formula is C12H24O8. The molecule has 0 aromatic carbocycles. The summed E-state index contributed by atoms with van der Waals surface area (Å²) in [5.41, 5.74) is 0. The lowest BCUT2D eigenvalue weighted by Gasteiger charge is -2.05. The van der Waals surface area contributed by atoms with E-state index in [9.17, 15) is 9.59 Å². The third-order valence-corrected chi connectivity index (χ3v) is 1.23. The van der Waals surface area contributed by atoms with Crippen LogP contribution in [0.1, 0.15) is 24.8 Å². The molecule has 0 saturated carbocycles. The van der Waals surface area contributed by atoms with Gasteiger partial charge < -0.3 is 29.2 Å². The lowest BCUT2D eigenvalue weighted by molar-refractivity contribution is -0.152. The molecule has 0 aliphatic carbocycles. The second-order valence-corrected chi connectivity index (χ2v) is 2.62. The van der Waals surface area contributed by atoms with E-state index in [0.29, 0.717) is 0 Å². The molecule has 0 saturated heterocycles. The van der Waals surface area contributed by atoms with Crippen LogP contribution in [-0.2, 0) is 28.5 Å². The highest BCUT2D eigenvalue weighted by Crippen LogP contribution is 1.84. The van der Waals surface area contributed by atoms with Gasteiger partial charge in [0.15, 0.2) is 0 Å². The number of carbonyl (C=O) groups is 2. The van der Waals surface area contributed by atoms with Gasteiger partial charge in [-0.05, 0) is 13.8 Å². The molecule has 0 rings (SSSR count). The Morgan fingerprint density at radius 3 is 1.50 bits per heavy atom. The summed E-state index contributed by atoms with van der Waals surface area (Å²) in [6.45, 7) is -10.5. The van der Waals surface area contributed by atoms with Crippen molar-refractivity contribution < 1.29 is 49.7 Å². The zero-order valence-electron chi connectivity index (χ0n) is 19.2. The van der Waals surface area contributed by atoms with E-state index in [0.717, 1.165) is 0 Å². The van der Waals surface area contributed by atoms with E-state index < -0.39 is 51.4 Å². The summed E-state index contributed by atoms with van der Waals surface area (Å²) in [6, 6.07) is 0. The molecule has 0 aromatic rings. The molecule has 120 valence electrons. The molecule has 0 aliphatic rings. The molecule has 8 nitrogen and oxygen atoms in total. The molecule has 0 fully saturated rings. The molecule has 0 spiro atoms. The lowest BCUT2D eigenvalue weighted by atomic mass is 10.6. The molecule has 0 aliphatic heterocycles. The first kappa shape index (κ1) is 9.67. The van der Waals surface area contributed by atoms with Gasteiger partial charge in [0.05, 0.1) is 50.4 Å². The molecule has 0 amide bonds. The minimum atomic E-state index is -3.17. The van der Waals surface area contributed by atoms with Gasteiger partial charge in [0, 0.05) is 0 Å². The van der Waals surface area contributed by atoms with Crippen LogP contribution in [-0.4, -0.2) is 74.8 Å². The summed E-state index contributed by atoms with van der Waals surface area (Å²) < 4.78 is 72.3. The number of esters is 2. The molecule has 0 aromatic heterocycles. The summed E-state index contributed by atoms with van der Waals surface area (Å²) in [5.74, 6) is -1.67. The average molecular weight is 304 g/mol. The third kappa shape index (κ3) is 19.1. The maximum atomic E-state index is 11.0. The van der Waals surface area contributed by atoms with Gasteiger partial charge >= 0.3 is 11.9 Å². The number of hydrogen-bond acceptors (Lipinski definition) is 8. The van der Waals surface area contributed by atoms with Crippen LogP contribution in [0.15, 0.2) is 0 Å². The smallest absolute Gasteiger partial charge is 0.332 e. The lowest BCUT2D eigenvalue weighted by Crippen LogP contribution is -2.17. The van der Waals surface area contributed by atoms with E-state index in [1.165, 1.54) is 0 Å². The first-order valence-electron chi connectivity index (χ1n) is 9.45. The summed E-state index contributed by atoms with van der Waals surface area (Å²) in [5, 5.41) is 16.1. The highest BCUT2D eigenvalue weighted by atomic mass is 16.6. The summed E-state index contributed by atoms with van der Waals surface area (Å²) in [7, 11) is 0. The van der Waals surface area contributed by atoms with Crippen LogP contribution in [0.3, 0.4) is 0 Å². The average Bonchev–Trinajstić information content (AvgIpc) is 2.50. The third-order valence-electron chi connectivity index (χ3n) is 1.23. The maximum Gasteiger partial charge on any atom is 0.332 e.